The Hall–Kier alpha value is -3.05. The number of benzene rings is 2. The number of hydrogen-bond donors (Lipinski definition) is 2. The lowest BCUT2D eigenvalue weighted by molar-refractivity contribution is 0.0948. The number of methoxy groups -OCH3 is 1. The van der Waals surface area contributed by atoms with Crippen molar-refractivity contribution in [1.82, 2.24) is 10.6 Å². The molecule has 5 heteroatoms. The van der Waals surface area contributed by atoms with Gasteiger partial charge in [-0.1, -0.05) is 30.3 Å². The van der Waals surface area contributed by atoms with Crippen LogP contribution < -0.4 is 15.4 Å². The van der Waals surface area contributed by atoms with Gasteiger partial charge in [-0.25, -0.2) is 0 Å². The van der Waals surface area contributed by atoms with Crippen molar-refractivity contribution in [3.8, 4) is 17.1 Å². The average Bonchev–Trinajstić information content (AvgIpc) is 3.11. The third-order valence-electron chi connectivity index (χ3n) is 4.55. The maximum atomic E-state index is 12.6. The van der Waals surface area contributed by atoms with E-state index in [-0.39, 0.29) is 11.9 Å². The molecule has 1 heterocycles. The first-order valence-electron chi connectivity index (χ1n) is 8.87. The molecule has 0 radical (unpaired) electrons. The molecule has 1 amide bonds. The maximum absolute atomic E-state index is 12.6. The van der Waals surface area contributed by atoms with Crippen LogP contribution in [-0.2, 0) is 0 Å². The molecule has 0 fully saturated rings. The van der Waals surface area contributed by atoms with Crippen LogP contribution >= 0.6 is 0 Å². The third-order valence-corrected chi connectivity index (χ3v) is 4.55. The molecule has 0 saturated carbocycles. The van der Waals surface area contributed by atoms with Gasteiger partial charge in [-0.15, -0.1) is 0 Å². The highest BCUT2D eigenvalue weighted by atomic mass is 16.5. The minimum absolute atomic E-state index is 0.0448. The Morgan fingerprint density at radius 2 is 1.81 bits per heavy atom. The Morgan fingerprint density at radius 3 is 2.44 bits per heavy atom. The predicted octanol–water partition coefficient (Wildman–Crippen LogP) is 3.95. The molecule has 3 aromatic rings. The summed E-state index contributed by atoms with van der Waals surface area (Å²) in [7, 11) is 3.51. The number of furan rings is 1. The molecule has 0 aliphatic rings. The lowest BCUT2D eigenvalue weighted by atomic mass is 10.1. The first kappa shape index (κ1) is 18.7. The van der Waals surface area contributed by atoms with Crippen molar-refractivity contribution in [2.24, 2.45) is 0 Å². The molecule has 5 nitrogen and oxygen atoms in total. The van der Waals surface area contributed by atoms with Crippen LogP contribution in [0.5, 0.6) is 5.75 Å². The fourth-order valence-corrected chi connectivity index (χ4v) is 2.97. The topological polar surface area (TPSA) is 63.5 Å². The van der Waals surface area contributed by atoms with Crippen molar-refractivity contribution < 1.29 is 13.9 Å². The molecule has 3 rings (SSSR count). The van der Waals surface area contributed by atoms with Crippen LogP contribution in [0.2, 0.25) is 0 Å². The lowest BCUT2D eigenvalue weighted by Gasteiger charge is -2.17. The second-order valence-electron chi connectivity index (χ2n) is 6.27. The van der Waals surface area contributed by atoms with Gasteiger partial charge in [-0.05, 0) is 49.9 Å². The van der Waals surface area contributed by atoms with Gasteiger partial charge in [0.25, 0.3) is 5.91 Å². The molecular formula is C22H24N2O3. The van der Waals surface area contributed by atoms with Gasteiger partial charge in [-0.2, -0.15) is 0 Å². The van der Waals surface area contributed by atoms with Gasteiger partial charge < -0.3 is 19.8 Å². The van der Waals surface area contributed by atoms with Crippen LogP contribution in [-0.4, -0.2) is 26.6 Å². The zero-order valence-corrected chi connectivity index (χ0v) is 15.8. The third kappa shape index (κ3) is 4.38. The number of likely N-dealkylation sites (N-methyl/N-ethyl adjacent to an activating group) is 1. The number of carbonyl (C=O) groups excluding carboxylic acids is 1. The standard InChI is InChI=1S/C22H24N2O3/c1-15-19(13-21(27-15)17-9-11-18(26-3)12-10-17)22(25)24-14-20(23-2)16-7-5-4-6-8-16/h4-13,20,23H,14H2,1-3H3,(H,24,25). The second kappa shape index (κ2) is 8.56. The number of nitrogens with one attached hydrogen (secondary N) is 2. The maximum Gasteiger partial charge on any atom is 0.254 e. The molecule has 1 unspecified atom stereocenters. The summed E-state index contributed by atoms with van der Waals surface area (Å²) in [6.45, 7) is 2.29. The number of hydrogen-bond acceptors (Lipinski definition) is 4. The molecular weight excluding hydrogens is 340 g/mol. The van der Waals surface area contributed by atoms with Crippen LogP contribution in [0.15, 0.2) is 65.1 Å². The highest BCUT2D eigenvalue weighted by molar-refractivity contribution is 5.96. The van der Waals surface area contributed by atoms with Crippen LogP contribution in [0.3, 0.4) is 0 Å². The molecule has 0 bridgehead atoms. The highest BCUT2D eigenvalue weighted by Gasteiger charge is 2.17. The number of amides is 1. The summed E-state index contributed by atoms with van der Waals surface area (Å²) in [6.07, 6.45) is 0. The van der Waals surface area contributed by atoms with Gasteiger partial charge in [-0.3, -0.25) is 4.79 Å². The summed E-state index contributed by atoms with van der Waals surface area (Å²) >= 11 is 0. The van der Waals surface area contributed by atoms with Crippen molar-refractivity contribution in [2.45, 2.75) is 13.0 Å². The molecule has 0 aliphatic carbocycles. The molecule has 2 N–H and O–H groups in total. The van der Waals surface area contributed by atoms with Crippen LogP contribution in [0, 0.1) is 6.92 Å². The predicted molar refractivity (Wildman–Crippen MR) is 106 cm³/mol. The molecule has 27 heavy (non-hydrogen) atoms. The Labute approximate surface area is 159 Å². The summed E-state index contributed by atoms with van der Waals surface area (Å²) in [6, 6.07) is 19.4. The molecule has 0 saturated heterocycles. The normalized spacial score (nSPS) is 11.8. The van der Waals surface area contributed by atoms with Crippen LogP contribution in [0.1, 0.15) is 27.7 Å². The fraction of sp³-hybridized carbons (Fsp3) is 0.227. The average molecular weight is 364 g/mol. The Kier molecular flexibility index (Phi) is 5.94. The molecule has 0 aliphatic heterocycles. The van der Waals surface area contributed by atoms with Gasteiger partial charge in [0.05, 0.1) is 12.7 Å². The van der Waals surface area contributed by atoms with Gasteiger partial charge in [0.15, 0.2) is 0 Å². The molecule has 2 aromatic carbocycles. The Morgan fingerprint density at radius 1 is 1.11 bits per heavy atom. The summed E-state index contributed by atoms with van der Waals surface area (Å²) < 4.78 is 11.0. The van der Waals surface area contributed by atoms with E-state index in [1.54, 1.807) is 20.1 Å². The quantitative estimate of drug-likeness (QED) is 0.666. The van der Waals surface area contributed by atoms with Gasteiger partial charge >= 0.3 is 0 Å². The van der Waals surface area contributed by atoms with Crippen molar-refractivity contribution in [3.05, 3.63) is 77.6 Å². The van der Waals surface area contributed by atoms with E-state index in [1.165, 1.54) is 0 Å². The largest absolute Gasteiger partial charge is 0.497 e. The van der Waals surface area contributed by atoms with Crippen LogP contribution in [0.4, 0.5) is 0 Å². The zero-order valence-electron chi connectivity index (χ0n) is 15.8. The van der Waals surface area contributed by atoms with E-state index in [2.05, 4.69) is 10.6 Å². The summed E-state index contributed by atoms with van der Waals surface area (Å²) in [5.41, 5.74) is 2.57. The van der Waals surface area contributed by atoms with E-state index >= 15 is 0 Å². The van der Waals surface area contributed by atoms with E-state index in [1.807, 2.05) is 61.6 Å². The van der Waals surface area contributed by atoms with E-state index in [4.69, 9.17) is 9.15 Å². The van der Waals surface area contributed by atoms with E-state index in [0.29, 0.717) is 23.6 Å². The number of ether oxygens (including phenoxy) is 1. The van der Waals surface area contributed by atoms with Gasteiger partial charge in [0.2, 0.25) is 0 Å². The Bertz CT molecular complexity index is 886. The minimum atomic E-state index is -0.146. The van der Waals surface area contributed by atoms with E-state index in [0.717, 1.165) is 16.9 Å². The van der Waals surface area contributed by atoms with Gasteiger partial charge in [0.1, 0.15) is 17.3 Å². The molecule has 0 spiro atoms. The van der Waals surface area contributed by atoms with Crippen molar-refractivity contribution >= 4 is 5.91 Å². The second-order valence-corrected chi connectivity index (χ2v) is 6.27. The fourth-order valence-electron chi connectivity index (χ4n) is 2.97. The summed E-state index contributed by atoms with van der Waals surface area (Å²) in [5.74, 6) is 1.89. The van der Waals surface area contributed by atoms with Crippen molar-refractivity contribution in [2.75, 3.05) is 20.7 Å². The SMILES string of the molecule is CNC(CNC(=O)c1cc(-c2ccc(OC)cc2)oc1C)c1ccccc1. The first-order valence-corrected chi connectivity index (χ1v) is 8.87. The van der Waals surface area contributed by atoms with Crippen molar-refractivity contribution in [1.29, 1.82) is 0 Å². The summed E-state index contributed by atoms with van der Waals surface area (Å²) in [4.78, 5) is 12.6. The Balaban J connectivity index is 1.70. The number of aryl methyl sites for hydroxylation is 1. The lowest BCUT2D eigenvalue weighted by Crippen LogP contribution is -2.33. The smallest absolute Gasteiger partial charge is 0.254 e. The van der Waals surface area contributed by atoms with E-state index in [9.17, 15) is 4.79 Å². The summed E-state index contributed by atoms with van der Waals surface area (Å²) in [5, 5.41) is 6.22. The number of carbonyl (C=O) groups is 1. The minimum Gasteiger partial charge on any atom is -0.497 e. The number of rotatable bonds is 7. The van der Waals surface area contributed by atoms with Gasteiger partial charge in [0, 0.05) is 18.2 Å². The molecule has 140 valence electrons. The highest BCUT2D eigenvalue weighted by Crippen LogP contribution is 2.27. The van der Waals surface area contributed by atoms with E-state index < -0.39 is 0 Å². The zero-order chi connectivity index (χ0) is 19.2. The monoisotopic (exact) mass is 364 g/mol. The molecule has 1 aromatic heterocycles. The van der Waals surface area contributed by atoms with Crippen LogP contribution in [0.25, 0.3) is 11.3 Å². The molecule has 1 atom stereocenters. The first-order chi connectivity index (χ1) is 13.1. The van der Waals surface area contributed by atoms with Crippen molar-refractivity contribution in [3.63, 3.8) is 0 Å².